The summed E-state index contributed by atoms with van der Waals surface area (Å²) in [6.07, 6.45) is 2.69. The number of rotatable bonds is 6. The first-order valence-corrected chi connectivity index (χ1v) is 8.86. The number of aromatic nitrogens is 1. The Morgan fingerprint density at radius 1 is 1.48 bits per heavy atom. The van der Waals surface area contributed by atoms with E-state index in [0.717, 1.165) is 17.3 Å². The molecule has 8 heteroatoms. The summed E-state index contributed by atoms with van der Waals surface area (Å²) in [5, 5.41) is 3.75. The van der Waals surface area contributed by atoms with Gasteiger partial charge in [0.2, 0.25) is 0 Å². The minimum atomic E-state index is -2.42. The second-order valence-corrected chi connectivity index (χ2v) is 6.94. The van der Waals surface area contributed by atoms with Crippen molar-refractivity contribution >= 4 is 33.1 Å². The molecule has 2 aromatic rings. The van der Waals surface area contributed by atoms with Gasteiger partial charge < -0.3 is 4.52 Å². The minimum absolute atomic E-state index is 0.227. The van der Waals surface area contributed by atoms with Gasteiger partial charge in [0, 0.05) is 16.0 Å². The van der Waals surface area contributed by atoms with E-state index in [1.807, 2.05) is 0 Å². The van der Waals surface area contributed by atoms with Crippen molar-refractivity contribution in [1.29, 1.82) is 0 Å². The highest BCUT2D eigenvalue weighted by atomic mass is 79.9. The highest BCUT2D eigenvalue weighted by Gasteiger charge is 2.33. The van der Waals surface area contributed by atoms with Crippen molar-refractivity contribution in [3.05, 3.63) is 51.3 Å². The fourth-order valence-electron chi connectivity index (χ4n) is 2.46. The highest BCUT2D eigenvalue weighted by Crippen LogP contribution is 2.42. The lowest BCUT2D eigenvalue weighted by Gasteiger charge is -2.14. The smallest absolute Gasteiger partial charge is 0.302 e. The first kappa shape index (κ1) is 16.5. The van der Waals surface area contributed by atoms with Crippen LogP contribution in [0.4, 0.5) is 0 Å². The molecule has 1 aliphatic rings. The van der Waals surface area contributed by atoms with E-state index in [-0.39, 0.29) is 11.7 Å². The zero-order valence-corrected chi connectivity index (χ0v) is 14.6. The first-order valence-electron chi connectivity index (χ1n) is 7.04. The summed E-state index contributed by atoms with van der Waals surface area (Å²) < 4.78 is 30.7. The topological polar surface area (TPSA) is 89.6 Å². The van der Waals surface area contributed by atoms with E-state index in [2.05, 4.69) is 21.1 Å². The third kappa shape index (κ3) is 3.60. The lowest BCUT2D eigenvalue weighted by atomic mass is 9.95. The summed E-state index contributed by atoms with van der Waals surface area (Å²) in [6.45, 7) is 1.61. The number of halogens is 1. The van der Waals surface area contributed by atoms with E-state index < -0.39 is 17.5 Å². The van der Waals surface area contributed by atoms with Gasteiger partial charge in [-0.2, -0.15) is 4.21 Å². The highest BCUT2D eigenvalue weighted by molar-refractivity contribution is 9.10. The van der Waals surface area contributed by atoms with Crippen LogP contribution in [0.15, 0.2) is 33.4 Å². The molecule has 1 N–H and O–H groups in total. The summed E-state index contributed by atoms with van der Waals surface area (Å²) >= 11 is 0.920. The number of hydrogen-bond donors (Lipinski definition) is 1. The Balaban J connectivity index is 1.99. The Kier molecular flexibility index (Phi) is 4.77. The van der Waals surface area contributed by atoms with Crippen LogP contribution in [0.5, 0.6) is 0 Å². The van der Waals surface area contributed by atoms with Crippen molar-refractivity contribution in [2.45, 2.75) is 31.8 Å². The first-order chi connectivity index (χ1) is 11.0. The van der Waals surface area contributed by atoms with Gasteiger partial charge in [-0.1, -0.05) is 21.1 Å². The van der Waals surface area contributed by atoms with Crippen molar-refractivity contribution in [2.75, 3.05) is 0 Å². The molecule has 1 aromatic carbocycles. The zero-order chi connectivity index (χ0) is 16.6. The molecule has 2 atom stereocenters. The van der Waals surface area contributed by atoms with Crippen LogP contribution >= 0.6 is 15.9 Å². The van der Waals surface area contributed by atoms with Crippen LogP contribution in [-0.4, -0.2) is 19.7 Å². The zero-order valence-electron chi connectivity index (χ0n) is 12.2. The lowest BCUT2D eigenvalue weighted by molar-refractivity contribution is 0.103. The van der Waals surface area contributed by atoms with Crippen molar-refractivity contribution in [3.63, 3.8) is 0 Å². The summed E-state index contributed by atoms with van der Waals surface area (Å²) in [5.74, 6) is 0.645. The van der Waals surface area contributed by atoms with Crippen molar-refractivity contribution in [2.24, 2.45) is 0 Å². The average molecular weight is 400 g/mol. The third-order valence-electron chi connectivity index (χ3n) is 3.71. The van der Waals surface area contributed by atoms with Crippen molar-refractivity contribution in [1.82, 2.24) is 5.16 Å². The van der Waals surface area contributed by atoms with Gasteiger partial charge in [-0.05, 0) is 43.5 Å². The molecule has 1 aromatic heterocycles. The molecule has 0 spiro atoms. The SMILES string of the molecule is CC(OS(=O)O)c1cc(Br)ccc1C(=O)c1cnoc1C1CC1. The van der Waals surface area contributed by atoms with Gasteiger partial charge in [0.1, 0.15) is 0 Å². The number of nitrogens with zero attached hydrogens (tertiary/aromatic N) is 1. The van der Waals surface area contributed by atoms with E-state index in [0.29, 0.717) is 22.5 Å². The molecule has 2 unspecified atom stereocenters. The fourth-order valence-corrected chi connectivity index (χ4v) is 3.19. The molecule has 0 amide bonds. The second kappa shape index (κ2) is 6.64. The quantitative estimate of drug-likeness (QED) is 0.587. The average Bonchev–Trinajstić information content (AvgIpc) is 3.23. The van der Waals surface area contributed by atoms with Gasteiger partial charge in [0.15, 0.2) is 11.5 Å². The molecule has 122 valence electrons. The molecule has 0 saturated heterocycles. The molecule has 1 saturated carbocycles. The number of carbonyl (C=O) groups is 1. The maximum atomic E-state index is 12.9. The second-order valence-electron chi connectivity index (χ2n) is 5.39. The van der Waals surface area contributed by atoms with Crippen LogP contribution in [0.25, 0.3) is 0 Å². The molecular weight excluding hydrogens is 386 g/mol. The predicted molar refractivity (Wildman–Crippen MR) is 86.3 cm³/mol. The molecule has 0 radical (unpaired) electrons. The monoisotopic (exact) mass is 399 g/mol. The molecule has 6 nitrogen and oxygen atoms in total. The van der Waals surface area contributed by atoms with Crippen molar-refractivity contribution < 1.29 is 22.3 Å². The molecule has 3 rings (SSSR count). The van der Waals surface area contributed by atoms with Crippen LogP contribution < -0.4 is 0 Å². The Hall–Kier alpha value is -1.35. The Morgan fingerprint density at radius 3 is 2.87 bits per heavy atom. The molecule has 0 bridgehead atoms. The number of hydrogen-bond acceptors (Lipinski definition) is 5. The van der Waals surface area contributed by atoms with Gasteiger partial charge >= 0.3 is 11.4 Å². The van der Waals surface area contributed by atoms with Crippen LogP contribution in [-0.2, 0) is 15.5 Å². The van der Waals surface area contributed by atoms with Crippen LogP contribution in [0.1, 0.15) is 59.0 Å². The maximum absolute atomic E-state index is 12.9. The molecule has 0 aliphatic heterocycles. The predicted octanol–water partition coefficient (Wildman–Crippen LogP) is 3.76. The molecule has 23 heavy (non-hydrogen) atoms. The number of ketones is 1. The normalized spacial score (nSPS) is 17.0. The van der Waals surface area contributed by atoms with E-state index >= 15 is 0 Å². The molecule has 1 heterocycles. The van der Waals surface area contributed by atoms with Crippen LogP contribution in [0.3, 0.4) is 0 Å². The van der Waals surface area contributed by atoms with E-state index in [1.165, 1.54) is 6.20 Å². The van der Waals surface area contributed by atoms with Gasteiger partial charge in [-0.25, -0.2) is 0 Å². The summed E-state index contributed by atoms with van der Waals surface area (Å²) in [4.78, 5) is 12.9. The maximum Gasteiger partial charge on any atom is 0.302 e. The Morgan fingerprint density at radius 2 is 2.22 bits per heavy atom. The third-order valence-corrected chi connectivity index (χ3v) is 4.66. The van der Waals surface area contributed by atoms with Gasteiger partial charge in [-0.15, -0.1) is 0 Å². The van der Waals surface area contributed by atoms with E-state index in [9.17, 15) is 9.00 Å². The minimum Gasteiger partial charge on any atom is -0.360 e. The molecule has 1 aliphatic carbocycles. The van der Waals surface area contributed by atoms with Gasteiger partial charge in [-0.3, -0.25) is 13.5 Å². The standard InChI is InChI=1S/C15H14BrNO5S/c1-8(22-23(19)20)12-6-10(16)4-5-11(12)14(18)13-7-17-21-15(13)9-2-3-9/h4-9H,2-3H2,1H3,(H,19,20). The molecular formula is C15H14BrNO5S. The van der Waals surface area contributed by atoms with Gasteiger partial charge in [0.25, 0.3) is 0 Å². The summed E-state index contributed by atoms with van der Waals surface area (Å²) in [5.41, 5.74) is 1.36. The van der Waals surface area contributed by atoms with E-state index in [4.69, 9.17) is 13.3 Å². The van der Waals surface area contributed by atoms with Gasteiger partial charge in [0.05, 0.1) is 17.9 Å². The van der Waals surface area contributed by atoms with Crippen molar-refractivity contribution in [3.8, 4) is 0 Å². The Bertz CT molecular complexity index is 771. The number of carbonyl (C=O) groups excluding carboxylic acids is 1. The van der Waals surface area contributed by atoms with Crippen LogP contribution in [0, 0.1) is 0 Å². The van der Waals surface area contributed by atoms with Crippen LogP contribution in [0.2, 0.25) is 0 Å². The summed E-state index contributed by atoms with van der Waals surface area (Å²) in [6, 6.07) is 5.10. The van der Waals surface area contributed by atoms with E-state index in [1.54, 1.807) is 25.1 Å². The fraction of sp³-hybridized carbons (Fsp3) is 0.333. The Labute approximate surface area is 143 Å². The summed E-state index contributed by atoms with van der Waals surface area (Å²) in [7, 11) is 0. The largest absolute Gasteiger partial charge is 0.360 e. The molecule has 1 fully saturated rings. The number of benzene rings is 1. The lowest BCUT2D eigenvalue weighted by Crippen LogP contribution is -2.11.